The van der Waals surface area contributed by atoms with Gasteiger partial charge in [0, 0.05) is 23.7 Å². The molecular formula is C8H14N2O4. The first-order valence-corrected chi connectivity index (χ1v) is 4.12. The molecule has 0 unspecified atom stereocenters. The molecule has 0 radical (unpaired) electrons. The molecule has 0 aliphatic rings. The zero-order valence-electron chi connectivity index (χ0n) is 8.68. The van der Waals surface area contributed by atoms with Gasteiger partial charge in [0.25, 0.3) is 11.6 Å². The maximum atomic E-state index is 10.6. The Labute approximate surface area is 81.9 Å². The molecule has 0 aromatic heterocycles. The van der Waals surface area contributed by atoms with E-state index in [4.69, 9.17) is 0 Å². The van der Waals surface area contributed by atoms with E-state index < -0.39 is 21.4 Å². The summed E-state index contributed by atoms with van der Waals surface area (Å²) in [6.45, 7) is 5.85. The van der Waals surface area contributed by atoms with Crippen LogP contribution >= 0.6 is 0 Å². The molecule has 0 aromatic rings. The Morgan fingerprint density at radius 1 is 1.29 bits per heavy atom. The highest BCUT2D eigenvalue weighted by Crippen LogP contribution is 2.18. The number of nitrogens with zero attached hydrogens (tertiary/aromatic N) is 2. The van der Waals surface area contributed by atoms with Crippen LogP contribution in [0.4, 0.5) is 0 Å². The molecule has 0 aromatic carbocycles. The summed E-state index contributed by atoms with van der Waals surface area (Å²) in [4.78, 5) is 20.0. The Morgan fingerprint density at radius 2 is 1.71 bits per heavy atom. The van der Waals surface area contributed by atoms with Gasteiger partial charge in [-0.05, 0) is 19.9 Å². The molecule has 6 heteroatoms. The van der Waals surface area contributed by atoms with Gasteiger partial charge in [-0.15, -0.1) is 0 Å². The monoisotopic (exact) mass is 202 g/mol. The fraction of sp³-hybridized carbons (Fsp3) is 0.750. The minimum absolute atomic E-state index is 0.625. The summed E-state index contributed by atoms with van der Waals surface area (Å²) in [5.41, 5.74) is -0.887. The molecule has 0 bridgehead atoms. The fourth-order valence-corrected chi connectivity index (χ4v) is 0.946. The van der Waals surface area contributed by atoms with Crippen molar-refractivity contribution in [3.63, 3.8) is 0 Å². The van der Waals surface area contributed by atoms with Crippen LogP contribution in [0.25, 0.3) is 0 Å². The predicted molar refractivity (Wildman–Crippen MR) is 51.3 cm³/mol. The van der Waals surface area contributed by atoms with Crippen LogP contribution in [0.5, 0.6) is 0 Å². The average molecular weight is 202 g/mol. The van der Waals surface area contributed by atoms with Gasteiger partial charge in [0.15, 0.2) is 0 Å². The van der Waals surface area contributed by atoms with Crippen molar-refractivity contribution in [3.05, 3.63) is 31.9 Å². The van der Waals surface area contributed by atoms with Gasteiger partial charge in [0.05, 0.1) is 0 Å². The van der Waals surface area contributed by atoms with E-state index in [1.54, 1.807) is 13.8 Å². The van der Waals surface area contributed by atoms with E-state index in [9.17, 15) is 20.2 Å². The van der Waals surface area contributed by atoms with E-state index in [1.165, 1.54) is 19.9 Å². The molecule has 80 valence electrons. The van der Waals surface area contributed by atoms with E-state index >= 15 is 0 Å². The van der Waals surface area contributed by atoms with E-state index in [1.807, 2.05) is 0 Å². The van der Waals surface area contributed by atoms with E-state index in [2.05, 4.69) is 0 Å². The van der Waals surface area contributed by atoms with Crippen molar-refractivity contribution in [2.24, 2.45) is 0 Å². The third-order valence-electron chi connectivity index (χ3n) is 1.91. The van der Waals surface area contributed by atoms with E-state index in [0.29, 0.717) is 5.57 Å². The van der Waals surface area contributed by atoms with Gasteiger partial charge in [0.1, 0.15) is 0 Å². The number of hydrogen-bond acceptors (Lipinski definition) is 4. The molecule has 1 atom stereocenters. The lowest BCUT2D eigenvalue weighted by Crippen LogP contribution is -2.47. The molecule has 0 heterocycles. The van der Waals surface area contributed by atoms with Crippen molar-refractivity contribution >= 4 is 0 Å². The van der Waals surface area contributed by atoms with Crippen molar-refractivity contribution in [1.29, 1.82) is 0 Å². The molecule has 0 spiro atoms. The first-order chi connectivity index (χ1) is 6.19. The Balaban J connectivity index is 5.12. The minimum Gasteiger partial charge on any atom is -0.264 e. The fourth-order valence-electron chi connectivity index (χ4n) is 0.946. The molecule has 6 nitrogen and oxygen atoms in total. The SMILES string of the molecule is CC(C)=C[C@H]([N+](=O)[O-])C(C)(C)[N+](=O)[O-]. The van der Waals surface area contributed by atoms with Crippen LogP contribution in [0.3, 0.4) is 0 Å². The number of allylic oxidation sites excluding steroid dienone is 1. The zero-order valence-corrected chi connectivity index (χ0v) is 8.68. The van der Waals surface area contributed by atoms with Crippen LogP contribution in [0.2, 0.25) is 0 Å². The molecule has 0 saturated heterocycles. The molecule has 0 amide bonds. The van der Waals surface area contributed by atoms with Crippen LogP contribution in [0, 0.1) is 20.2 Å². The summed E-state index contributed by atoms with van der Waals surface area (Å²) < 4.78 is 0. The highest BCUT2D eigenvalue weighted by atomic mass is 16.6. The minimum atomic E-state index is -1.58. The van der Waals surface area contributed by atoms with Gasteiger partial charge in [-0.3, -0.25) is 20.2 Å². The van der Waals surface area contributed by atoms with Crippen molar-refractivity contribution in [1.82, 2.24) is 0 Å². The second-order valence-electron chi connectivity index (χ2n) is 3.88. The number of rotatable bonds is 4. The maximum Gasteiger partial charge on any atom is 0.299 e. The van der Waals surface area contributed by atoms with Crippen LogP contribution in [-0.4, -0.2) is 21.4 Å². The first-order valence-electron chi connectivity index (χ1n) is 4.12. The van der Waals surface area contributed by atoms with E-state index in [0.717, 1.165) is 0 Å². The summed E-state index contributed by atoms with van der Waals surface area (Å²) in [6, 6.07) is -1.29. The van der Waals surface area contributed by atoms with Crippen LogP contribution in [-0.2, 0) is 0 Å². The van der Waals surface area contributed by atoms with Crippen LogP contribution in [0.1, 0.15) is 27.7 Å². The highest BCUT2D eigenvalue weighted by Gasteiger charge is 2.48. The zero-order chi connectivity index (χ0) is 11.5. The standard InChI is InChI=1S/C8H14N2O4/c1-6(2)5-7(9(11)12)8(3,4)10(13)14/h5,7H,1-4H3/t7-/m0/s1. The third kappa shape index (κ3) is 2.79. The molecule has 0 N–H and O–H groups in total. The normalized spacial score (nSPS) is 13.1. The average Bonchev–Trinajstić information content (AvgIpc) is 1.98. The molecule has 0 aliphatic heterocycles. The lowest BCUT2D eigenvalue weighted by molar-refractivity contribution is -0.638. The van der Waals surface area contributed by atoms with Gasteiger partial charge in [-0.2, -0.15) is 0 Å². The summed E-state index contributed by atoms with van der Waals surface area (Å²) >= 11 is 0. The third-order valence-corrected chi connectivity index (χ3v) is 1.91. The topological polar surface area (TPSA) is 86.3 Å². The lowest BCUT2D eigenvalue weighted by atomic mass is 9.94. The lowest BCUT2D eigenvalue weighted by Gasteiger charge is -2.17. The first kappa shape index (κ1) is 12.5. The van der Waals surface area contributed by atoms with Crippen molar-refractivity contribution < 1.29 is 9.85 Å². The highest BCUT2D eigenvalue weighted by molar-refractivity contribution is 5.03. The number of nitro groups is 2. The quantitative estimate of drug-likeness (QED) is 0.394. The van der Waals surface area contributed by atoms with Crippen molar-refractivity contribution in [3.8, 4) is 0 Å². The predicted octanol–water partition coefficient (Wildman–Crippen LogP) is 1.65. The van der Waals surface area contributed by atoms with Gasteiger partial charge in [-0.1, -0.05) is 5.57 Å². The summed E-state index contributed by atoms with van der Waals surface area (Å²) in [7, 11) is 0. The molecule has 0 fully saturated rings. The Kier molecular flexibility index (Phi) is 3.73. The molecule has 0 saturated carbocycles. The van der Waals surface area contributed by atoms with Gasteiger partial charge in [-0.25, -0.2) is 0 Å². The Hall–Kier alpha value is -1.46. The van der Waals surface area contributed by atoms with E-state index in [-0.39, 0.29) is 0 Å². The van der Waals surface area contributed by atoms with Crippen molar-refractivity contribution in [2.75, 3.05) is 0 Å². The smallest absolute Gasteiger partial charge is 0.264 e. The van der Waals surface area contributed by atoms with Crippen LogP contribution < -0.4 is 0 Å². The van der Waals surface area contributed by atoms with Gasteiger partial charge in [0.2, 0.25) is 0 Å². The Morgan fingerprint density at radius 3 is 1.93 bits per heavy atom. The second-order valence-corrected chi connectivity index (χ2v) is 3.88. The van der Waals surface area contributed by atoms with Crippen LogP contribution in [0.15, 0.2) is 11.6 Å². The van der Waals surface area contributed by atoms with Crippen molar-refractivity contribution in [2.45, 2.75) is 39.3 Å². The summed E-state index contributed by atoms with van der Waals surface area (Å²) in [5, 5.41) is 21.3. The largest absolute Gasteiger partial charge is 0.299 e. The second kappa shape index (κ2) is 4.17. The summed E-state index contributed by atoms with van der Waals surface area (Å²) in [6.07, 6.45) is 1.31. The Bertz CT molecular complexity index is 279. The molecule has 0 aliphatic carbocycles. The molecular weight excluding hydrogens is 188 g/mol. The van der Waals surface area contributed by atoms with Gasteiger partial charge >= 0.3 is 0 Å². The molecule has 14 heavy (non-hydrogen) atoms. The summed E-state index contributed by atoms with van der Waals surface area (Å²) in [5.74, 6) is 0. The number of hydrogen-bond donors (Lipinski definition) is 0. The molecule has 0 rings (SSSR count). The maximum absolute atomic E-state index is 10.6. The van der Waals surface area contributed by atoms with Gasteiger partial charge < -0.3 is 0 Å².